The van der Waals surface area contributed by atoms with Gasteiger partial charge in [0.05, 0.1) is 13.2 Å². The fraction of sp³-hybridized carbons (Fsp3) is 0.846. The summed E-state index contributed by atoms with van der Waals surface area (Å²) in [4.78, 5) is 32.5. The van der Waals surface area contributed by atoms with E-state index in [9.17, 15) is 19.0 Å². The van der Waals surface area contributed by atoms with Crippen molar-refractivity contribution in [2.45, 2.75) is 116 Å². The maximum absolute atomic E-state index is 12.1. The van der Waals surface area contributed by atoms with E-state index >= 15 is 0 Å². The molecule has 37 heavy (non-hydrogen) atoms. The Morgan fingerprint density at radius 3 is 2.00 bits per heavy atom. The molecule has 0 aliphatic heterocycles. The Labute approximate surface area is 222 Å². The first-order valence-electron chi connectivity index (χ1n) is 13.7. The standard InChI is InChI=1S/C26H50NO9P/c1-3-5-6-7-8-9-10-11-12-13-14-15-16-17-18-19-25(28)34-21-23(20-33-4-2)36-37(31,32)35-22-24(27)26(29)30/h11-12,23-24H,3-10,13-22,27H2,1-2H3,(H,29,30)(H,31,32)/b12-11+/t23-,24+/m1/s1. The Bertz CT molecular complexity index is 660. The number of carboxylic acids is 1. The molecule has 0 saturated heterocycles. The SMILES string of the molecule is CCCCCCCC/C=C/CCCCCCCC(=O)OC[C@@H](COCC)OP(=O)(O)OC[C@H](N)C(=O)O. The van der Waals surface area contributed by atoms with Crippen LogP contribution >= 0.6 is 7.82 Å². The molecule has 4 N–H and O–H groups in total. The number of carbonyl (C=O) groups is 2. The van der Waals surface area contributed by atoms with Crippen molar-refractivity contribution < 1.29 is 42.7 Å². The van der Waals surface area contributed by atoms with Crippen molar-refractivity contribution in [3.63, 3.8) is 0 Å². The molecule has 0 aliphatic rings. The third-order valence-electron chi connectivity index (χ3n) is 5.60. The number of esters is 1. The summed E-state index contributed by atoms with van der Waals surface area (Å²) in [5, 5.41) is 8.73. The van der Waals surface area contributed by atoms with Gasteiger partial charge in [-0.1, -0.05) is 70.4 Å². The molecule has 3 atom stereocenters. The third-order valence-corrected chi connectivity index (χ3v) is 6.64. The summed E-state index contributed by atoms with van der Waals surface area (Å²) >= 11 is 0. The van der Waals surface area contributed by atoms with Gasteiger partial charge in [-0.2, -0.15) is 0 Å². The number of carboxylic acid groups (broad SMARTS) is 1. The van der Waals surface area contributed by atoms with Crippen LogP contribution in [0.4, 0.5) is 0 Å². The van der Waals surface area contributed by atoms with E-state index < -0.39 is 38.5 Å². The van der Waals surface area contributed by atoms with Crippen molar-refractivity contribution in [2.75, 3.05) is 26.4 Å². The number of phosphoric ester groups is 1. The van der Waals surface area contributed by atoms with Crippen LogP contribution in [0.3, 0.4) is 0 Å². The molecule has 0 bridgehead atoms. The minimum Gasteiger partial charge on any atom is -0.480 e. The van der Waals surface area contributed by atoms with Crippen LogP contribution in [0, 0.1) is 0 Å². The Balaban J connectivity index is 3.95. The van der Waals surface area contributed by atoms with Gasteiger partial charge in [0.1, 0.15) is 18.8 Å². The van der Waals surface area contributed by atoms with Crippen molar-refractivity contribution in [3.8, 4) is 0 Å². The first-order chi connectivity index (χ1) is 17.7. The monoisotopic (exact) mass is 551 g/mol. The number of hydrogen-bond donors (Lipinski definition) is 3. The molecule has 0 aromatic rings. The van der Waals surface area contributed by atoms with Crippen molar-refractivity contribution in [1.29, 1.82) is 0 Å². The van der Waals surface area contributed by atoms with E-state index in [1.54, 1.807) is 6.92 Å². The van der Waals surface area contributed by atoms with E-state index in [-0.39, 0.29) is 19.6 Å². The van der Waals surface area contributed by atoms with Gasteiger partial charge in [0.2, 0.25) is 0 Å². The minimum absolute atomic E-state index is 0.101. The lowest BCUT2D eigenvalue weighted by Gasteiger charge is -2.21. The summed E-state index contributed by atoms with van der Waals surface area (Å²) in [6, 6.07) is -1.47. The molecule has 0 fully saturated rings. The number of rotatable bonds is 26. The average molecular weight is 552 g/mol. The zero-order valence-corrected chi connectivity index (χ0v) is 23.7. The molecule has 11 heteroatoms. The first kappa shape index (κ1) is 35.7. The van der Waals surface area contributed by atoms with E-state index in [1.165, 1.54) is 44.9 Å². The van der Waals surface area contributed by atoms with Crippen LogP contribution in [0.1, 0.15) is 104 Å². The highest BCUT2D eigenvalue weighted by Crippen LogP contribution is 2.44. The topological polar surface area (TPSA) is 155 Å². The van der Waals surface area contributed by atoms with Crippen LogP contribution in [-0.2, 0) is 32.7 Å². The minimum atomic E-state index is -4.62. The molecule has 0 amide bonds. The molecule has 1 unspecified atom stereocenters. The Morgan fingerprint density at radius 1 is 0.865 bits per heavy atom. The van der Waals surface area contributed by atoms with Gasteiger partial charge in [-0.15, -0.1) is 0 Å². The van der Waals surface area contributed by atoms with E-state index in [1.807, 2.05) is 0 Å². The van der Waals surface area contributed by atoms with Crippen LogP contribution in [0.2, 0.25) is 0 Å². The van der Waals surface area contributed by atoms with Gasteiger partial charge in [-0.05, 0) is 39.0 Å². The second-order valence-electron chi connectivity index (χ2n) is 9.11. The zero-order valence-electron chi connectivity index (χ0n) is 22.8. The maximum atomic E-state index is 12.1. The van der Waals surface area contributed by atoms with E-state index in [2.05, 4.69) is 23.6 Å². The van der Waals surface area contributed by atoms with Crippen LogP contribution < -0.4 is 5.73 Å². The maximum Gasteiger partial charge on any atom is 0.472 e. The average Bonchev–Trinajstić information content (AvgIpc) is 2.86. The van der Waals surface area contributed by atoms with Gasteiger partial charge < -0.3 is 25.2 Å². The highest BCUT2D eigenvalue weighted by Gasteiger charge is 2.29. The normalized spacial score (nSPS) is 14.9. The predicted octanol–water partition coefficient (Wildman–Crippen LogP) is 5.52. The quantitative estimate of drug-likeness (QED) is 0.0542. The molecule has 0 aromatic carbocycles. The molecule has 0 spiro atoms. The lowest BCUT2D eigenvalue weighted by Crippen LogP contribution is -2.35. The predicted molar refractivity (Wildman–Crippen MR) is 143 cm³/mol. The van der Waals surface area contributed by atoms with Crippen molar-refractivity contribution >= 4 is 19.8 Å². The molecule has 0 heterocycles. The van der Waals surface area contributed by atoms with Gasteiger partial charge >= 0.3 is 19.8 Å². The van der Waals surface area contributed by atoms with E-state index in [0.717, 1.165) is 32.1 Å². The largest absolute Gasteiger partial charge is 0.480 e. The van der Waals surface area contributed by atoms with E-state index in [0.29, 0.717) is 13.0 Å². The smallest absolute Gasteiger partial charge is 0.472 e. The van der Waals surface area contributed by atoms with Crippen LogP contribution in [0.5, 0.6) is 0 Å². The van der Waals surface area contributed by atoms with E-state index in [4.69, 9.17) is 24.8 Å². The number of phosphoric acid groups is 1. The summed E-state index contributed by atoms with van der Waals surface area (Å²) in [6.45, 7) is 3.19. The fourth-order valence-electron chi connectivity index (χ4n) is 3.42. The summed E-state index contributed by atoms with van der Waals surface area (Å²) in [6.07, 6.45) is 19.0. The number of ether oxygens (including phenoxy) is 2. The number of allylic oxidation sites excluding steroid dienone is 2. The zero-order chi connectivity index (χ0) is 27.8. The number of nitrogens with two attached hydrogens (primary N) is 1. The molecule has 0 rings (SSSR count). The van der Waals surface area contributed by atoms with Crippen LogP contribution in [-0.4, -0.2) is 60.5 Å². The van der Waals surface area contributed by atoms with Crippen molar-refractivity contribution in [2.24, 2.45) is 5.73 Å². The fourth-order valence-corrected chi connectivity index (χ4v) is 4.33. The molecule has 0 radical (unpaired) electrons. The second kappa shape index (κ2) is 23.8. The second-order valence-corrected chi connectivity index (χ2v) is 10.5. The van der Waals surface area contributed by atoms with Crippen LogP contribution in [0.25, 0.3) is 0 Å². The molecule has 218 valence electrons. The Kier molecular flexibility index (Phi) is 23.0. The van der Waals surface area contributed by atoms with Gasteiger partial charge in [0, 0.05) is 13.0 Å². The highest BCUT2D eigenvalue weighted by atomic mass is 31.2. The van der Waals surface area contributed by atoms with Gasteiger partial charge in [-0.25, -0.2) is 4.57 Å². The molecule has 0 saturated carbocycles. The lowest BCUT2D eigenvalue weighted by atomic mass is 10.1. The lowest BCUT2D eigenvalue weighted by molar-refractivity contribution is -0.148. The number of carbonyl (C=O) groups excluding carboxylic acids is 1. The van der Waals surface area contributed by atoms with Gasteiger partial charge in [-0.3, -0.25) is 18.6 Å². The number of hydrogen-bond acceptors (Lipinski definition) is 8. The summed E-state index contributed by atoms with van der Waals surface area (Å²) in [7, 11) is -4.62. The molecule has 0 aliphatic carbocycles. The highest BCUT2D eigenvalue weighted by molar-refractivity contribution is 7.47. The Hall–Kier alpha value is -1.29. The number of aliphatic carboxylic acids is 1. The van der Waals surface area contributed by atoms with Gasteiger partial charge in [0.15, 0.2) is 0 Å². The molecule has 10 nitrogen and oxygen atoms in total. The van der Waals surface area contributed by atoms with Crippen molar-refractivity contribution in [3.05, 3.63) is 12.2 Å². The van der Waals surface area contributed by atoms with Crippen LogP contribution in [0.15, 0.2) is 12.2 Å². The third kappa shape index (κ3) is 23.6. The first-order valence-corrected chi connectivity index (χ1v) is 15.2. The van der Waals surface area contributed by atoms with Crippen molar-refractivity contribution in [1.82, 2.24) is 0 Å². The molecular weight excluding hydrogens is 501 g/mol. The summed E-state index contributed by atoms with van der Waals surface area (Å²) in [5.41, 5.74) is 5.25. The molecular formula is C26H50NO9P. The number of unbranched alkanes of at least 4 members (excludes halogenated alkanes) is 11. The summed E-state index contributed by atoms with van der Waals surface area (Å²) < 4.78 is 32.0. The summed E-state index contributed by atoms with van der Waals surface area (Å²) in [5.74, 6) is -1.81. The Morgan fingerprint density at radius 2 is 1.43 bits per heavy atom. The molecule has 0 aromatic heterocycles. The van der Waals surface area contributed by atoms with Gasteiger partial charge in [0.25, 0.3) is 0 Å².